The van der Waals surface area contributed by atoms with Gasteiger partial charge >= 0.3 is 0 Å². The number of nitrogens with two attached hydrogens (primary N) is 1. The summed E-state index contributed by atoms with van der Waals surface area (Å²) in [5.41, 5.74) is 8.32. The van der Waals surface area contributed by atoms with Crippen molar-refractivity contribution in [3.63, 3.8) is 0 Å². The number of para-hydroxylation sites is 2. The number of morpholine rings is 1. The molecule has 21 heavy (non-hydrogen) atoms. The Labute approximate surface area is 127 Å². The summed E-state index contributed by atoms with van der Waals surface area (Å²) in [5.74, 6) is 0. The van der Waals surface area contributed by atoms with Crippen LogP contribution in [-0.4, -0.2) is 50.3 Å². The van der Waals surface area contributed by atoms with Gasteiger partial charge in [-0.3, -0.25) is 4.90 Å². The zero-order valence-corrected chi connectivity index (χ0v) is 12.8. The number of nitrogen functional groups attached to an aromatic ring is 1. The van der Waals surface area contributed by atoms with Crippen molar-refractivity contribution in [2.45, 2.75) is 31.7 Å². The maximum atomic E-state index is 6.18. The van der Waals surface area contributed by atoms with Crippen molar-refractivity contribution in [3.05, 3.63) is 24.3 Å². The van der Waals surface area contributed by atoms with Crippen LogP contribution >= 0.6 is 0 Å². The molecule has 2 saturated heterocycles. The van der Waals surface area contributed by atoms with E-state index in [1.165, 1.54) is 37.9 Å². The first-order chi connectivity index (χ1) is 10.3. The van der Waals surface area contributed by atoms with E-state index in [-0.39, 0.29) is 0 Å². The van der Waals surface area contributed by atoms with Crippen molar-refractivity contribution < 1.29 is 4.74 Å². The molecule has 4 heteroatoms. The Morgan fingerprint density at radius 2 is 1.90 bits per heavy atom. The molecule has 3 rings (SSSR count). The molecule has 0 radical (unpaired) electrons. The summed E-state index contributed by atoms with van der Waals surface area (Å²) in [6, 6.07) is 8.93. The lowest BCUT2D eigenvalue weighted by Crippen LogP contribution is -2.44. The number of hydrogen-bond donors (Lipinski definition) is 1. The minimum Gasteiger partial charge on any atom is -0.397 e. The lowest BCUT2D eigenvalue weighted by Gasteiger charge is -2.39. The van der Waals surface area contributed by atoms with Gasteiger partial charge in [-0.1, -0.05) is 12.1 Å². The number of piperidine rings is 1. The molecule has 2 aliphatic heterocycles. The molecule has 4 nitrogen and oxygen atoms in total. The maximum Gasteiger partial charge on any atom is 0.0602 e. The standard InChI is InChI=1S/C17H27N3O/c18-16-6-1-2-7-17(16)20-9-4-3-5-15(20)8-10-19-11-13-21-14-12-19/h1-2,6-7,15H,3-5,8-14,18H2. The van der Waals surface area contributed by atoms with E-state index < -0.39 is 0 Å². The second-order valence-electron chi connectivity index (χ2n) is 6.14. The van der Waals surface area contributed by atoms with Crippen LogP contribution in [0.3, 0.4) is 0 Å². The Bertz CT molecular complexity index is 445. The monoisotopic (exact) mass is 289 g/mol. The van der Waals surface area contributed by atoms with Crippen LogP contribution in [0.5, 0.6) is 0 Å². The molecule has 116 valence electrons. The molecule has 1 aromatic carbocycles. The molecule has 1 atom stereocenters. The van der Waals surface area contributed by atoms with Crippen LogP contribution in [0.25, 0.3) is 0 Å². The van der Waals surface area contributed by atoms with Gasteiger partial charge in [-0.25, -0.2) is 0 Å². The van der Waals surface area contributed by atoms with Crippen LogP contribution in [0.4, 0.5) is 11.4 Å². The molecule has 1 unspecified atom stereocenters. The van der Waals surface area contributed by atoms with E-state index in [2.05, 4.69) is 21.9 Å². The van der Waals surface area contributed by atoms with Crippen LogP contribution < -0.4 is 10.6 Å². The second kappa shape index (κ2) is 7.14. The molecule has 2 aliphatic rings. The van der Waals surface area contributed by atoms with Gasteiger partial charge in [0, 0.05) is 32.2 Å². The van der Waals surface area contributed by atoms with Gasteiger partial charge in [0.15, 0.2) is 0 Å². The number of hydrogen-bond acceptors (Lipinski definition) is 4. The zero-order chi connectivity index (χ0) is 14.5. The van der Waals surface area contributed by atoms with Crippen molar-refractivity contribution in [1.29, 1.82) is 0 Å². The van der Waals surface area contributed by atoms with Crippen molar-refractivity contribution in [3.8, 4) is 0 Å². The summed E-state index contributed by atoms with van der Waals surface area (Å²) in [6.45, 7) is 6.26. The van der Waals surface area contributed by atoms with Gasteiger partial charge < -0.3 is 15.4 Å². The Kier molecular flexibility index (Phi) is 4.99. The fourth-order valence-corrected chi connectivity index (χ4v) is 3.52. The molecule has 1 aromatic rings. The third kappa shape index (κ3) is 3.69. The van der Waals surface area contributed by atoms with Crippen molar-refractivity contribution in [1.82, 2.24) is 4.90 Å². The summed E-state index contributed by atoms with van der Waals surface area (Å²) in [4.78, 5) is 5.07. The van der Waals surface area contributed by atoms with Crippen LogP contribution in [0.15, 0.2) is 24.3 Å². The summed E-state index contributed by atoms with van der Waals surface area (Å²) >= 11 is 0. The molecule has 2 N–H and O–H groups in total. The highest BCUT2D eigenvalue weighted by Gasteiger charge is 2.24. The summed E-state index contributed by atoms with van der Waals surface area (Å²) in [5, 5.41) is 0. The minimum atomic E-state index is 0.631. The lowest BCUT2D eigenvalue weighted by atomic mass is 9.97. The number of anilines is 2. The summed E-state index contributed by atoms with van der Waals surface area (Å²) in [6.07, 6.45) is 5.15. The predicted octanol–water partition coefficient (Wildman–Crippen LogP) is 2.35. The minimum absolute atomic E-state index is 0.631. The normalized spacial score (nSPS) is 24.2. The van der Waals surface area contributed by atoms with E-state index in [0.717, 1.165) is 38.5 Å². The summed E-state index contributed by atoms with van der Waals surface area (Å²) in [7, 11) is 0. The molecular weight excluding hydrogens is 262 g/mol. The van der Waals surface area contributed by atoms with E-state index in [1.807, 2.05) is 12.1 Å². The molecule has 0 amide bonds. The first kappa shape index (κ1) is 14.7. The average molecular weight is 289 g/mol. The average Bonchev–Trinajstić information content (AvgIpc) is 2.55. The van der Waals surface area contributed by atoms with Gasteiger partial charge in [0.25, 0.3) is 0 Å². The number of rotatable bonds is 4. The first-order valence-electron chi connectivity index (χ1n) is 8.26. The highest BCUT2D eigenvalue weighted by atomic mass is 16.5. The molecule has 2 heterocycles. The maximum absolute atomic E-state index is 6.18. The van der Waals surface area contributed by atoms with Gasteiger partial charge in [-0.15, -0.1) is 0 Å². The summed E-state index contributed by atoms with van der Waals surface area (Å²) < 4.78 is 5.43. The SMILES string of the molecule is Nc1ccccc1N1CCCCC1CCN1CCOCC1. The van der Waals surface area contributed by atoms with E-state index >= 15 is 0 Å². The lowest BCUT2D eigenvalue weighted by molar-refractivity contribution is 0.0362. The Morgan fingerprint density at radius 3 is 2.71 bits per heavy atom. The van der Waals surface area contributed by atoms with Gasteiger partial charge in [0.05, 0.1) is 24.6 Å². The van der Waals surface area contributed by atoms with Crippen LogP contribution in [0.1, 0.15) is 25.7 Å². The van der Waals surface area contributed by atoms with Gasteiger partial charge in [0.2, 0.25) is 0 Å². The van der Waals surface area contributed by atoms with Crippen LogP contribution in [-0.2, 0) is 4.74 Å². The Morgan fingerprint density at radius 1 is 1.10 bits per heavy atom. The quantitative estimate of drug-likeness (QED) is 0.864. The third-order valence-electron chi connectivity index (χ3n) is 4.76. The predicted molar refractivity (Wildman–Crippen MR) is 87.7 cm³/mol. The van der Waals surface area contributed by atoms with Gasteiger partial charge in [-0.2, -0.15) is 0 Å². The molecule has 0 aromatic heterocycles. The Hall–Kier alpha value is -1.26. The molecule has 0 spiro atoms. The smallest absolute Gasteiger partial charge is 0.0602 e. The highest BCUT2D eigenvalue weighted by molar-refractivity contribution is 5.67. The molecule has 0 saturated carbocycles. The van der Waals surface area contributed by atoms with E-state index in [4.69, 9.17) is 10.5 Å². The topological polar surface area (TPSA) is 41.7 Å². The van der Waals surface area contributed by atoms with Gasteiger partial charge in [0.1, 0.15) is 0 Å². The molecule has 0 aliphatic carbocycles. The first-order valence-corrected chi connectivity index (χ1v) is 8.26. The van der Waals surface area contributed by atoms with Crippen molar-refractivity contribution >= 4 is 11.4 Å². The van der Waals surface area contributed by atoms with E-state index in [9.17, 15) is 0 Å². The fraction of sp³-hybridized carbons (Fsp3) is 0.647. The van der Waals surface area contributed by atoms with Crippen molar-refractivity contribution in [2.75, 3.05) is 50.0 Å². The zero-order valence-electron chi connectivity index (χ0n) is 12.8. The highest BCUT2D eigenvalue weighted by Crippen LogP contribution is 2.30. The van der Waals surface area contributed by atoms with Crippen LogP contribution in [0, 0.1) is 0 Å². The van der Waals surface area contributed by atoms with Crippen LogP contribution in [0.2, 0.25) is 0 Å². The van der Waals surface area contributed by atoms with E-state index in [1.54, 1.807) is 0 Å². The molecular formula is C17H27N3O. The number of nitrogens with zero attached hydrogens (tertiary/aromatic N) is 2. The van der Waals surface area contributed by atoms with Gasteiger partial charge in [-0.05, 0) is 37.8 Å². The number of benzene rings is 1. The Balaban J connectivity index is 1.62. The third-order valence-corrected chi connectivity index (χ3v) is 4.76. The van der Waals surface area contributed by atoms with E-state index in [0.29, 0.717) is 6.04 Å². The van der Waals surface area contributed by atoms with Crippen molar-refractivity contribution in [2.24, 2.45) is 0 Å². The molecule has 2 fully saturated rings. The second-order valence-corrected chi connectivity index (χ2v) is 6.14. The molecule has 0 bridgehead atoms. The number of ether oxygens (including phenoxy) is 1. The fourth-order valence-electron chi connectivity index (χ4n) is 3.52. The largest absolute Gasteiger partial charge is 0.397 e.